The molecule has 1 aliphatic heterocycles. The van der Waals surface area contributed by atoms with Crippen LogP contribution in [-0.4, -0.2) is 36.6 Å². The highest BCUT2D eigenvalue weighted by atomic mass is 79.9. The molecule has 158 valence electrons. The summed E-state index contributed by atoms with van der Waals surface area (Å²) in [6.45, 7) is 1.89. The smallest absolute Gasteiger partial charge is 0.252 e. The second-order valence-electron chi connectivity index (χ2n) is 7.85. The first-order valence-electron chi connectivity index (χ1n) is 10.0. The minimum Gasteiger partial charge on any atom is -0.274 e. The van der Waals surface area contributed by atoms with Gasteiger partial charge in [-0.1, -0.05) is 46.5 Å². The number of carbonyl (C=O) groups excluding carboxylic acids is 2. The molecule has 1 heterocycles. The molecule has 0 aromatic heterocycles. The molecule has 2 aromatic carbocycles. The standard InChI is InChI=1S/C22H23BrN2O4S/c1-15-6-12-19(13-7-15)30(28,29)25(18-4-2-3-5-18)20-14-21(26)24(22(20)27)17-10-8-16(23)9-11-17/h6-13,18,20H,2-5,14H2,1H3. The number of hydrogen-bond donors (Lipinski definition) is 0. The molecule has 1 atom stereocenters. The van der Waals surface area contributed by atoms with Crippen LogP contribution in [0.1, 0.15) is 37.7 Å². The lowest BCUT2D eigenvalue weighted by Gasteiger charge is -2.32. The minimum absolute atomic E-state index is 0.142. The lowest BCUT2D eigenvalue weighted by Crippen LogP contribution is -2.49. The molecular weight excluding hydrogens is 468 g/mol. The van der Waals surface area contributed by atoms with Crippen LogP contribution in [0.2, 0.25) is 0 Å². The normalized spacial score (nSPS) is 20.5. The number of imide groups is 1. The van der Waals surface area contributed by atoms with Crippen molar-refractivity contribution in [3.8, 4) is 0 Å². The lowest BCUT2D eigenvalue weighted by molar-refractivity contribution is -0.122. The van der Waals surface area contributed by atoms with Crippen molar-refractivity contribution in [3.63, 3.8) is 0 Å². The van der Waals surface area contributed by atoms with Gasteiger partial charge in [-0.2, -0.15) is 4.31 Å². The molecule has 6 nitrogen and oxygen atoms in total. The van der Waals surface area contributed by atoms with E-state index in [0.29, 0.717) is 18.5 Å². The van der Waals surface area contributed by atoms with Crippen molar-refractivity contribution >= 4 is 43.5 Å². The van der Waals surface area contributed by atoms with Gasteiger partial charge in [-0.15, -0.1) is 0 Å². The molecular formula is C22H23BrN2O4S. The number of halogens is 1. The quantitative estimate of drug-likeness (QED) is 0.593. The molecule has 8 heteroatoms. The van der Waals surface area contributed by atoms with E-state index in [2.05, 4.69) is 15.9 Å². The Hall–Kier alpha value is -2.03. The Morgan fingerprint density at radius 1 is 0.967 bits per heavy atom. The first-order chi connectivity index (χ1) is 14.3. The molecule has 1 saturated heterocycles. The summed E-state index contributed by atoms with van der Waals surface area (Å²) in [5.41, 5.74) is 1.41. The molecule has 2 fully saturated rings. The number of anilines is 1. The van der Waals surface area contributed by atoms with Crippen molar-refractivity contribution in [1.29, 1.82) is 0 Å². The van der Waals surface area contributed by atoms with Gasteiger partial charge in [0.1, 0.15) is 6.04 Å². The van der Waals surface area contributed by atoms with Gasteiger partial charge in [0.2, 0.25) is 15.9 Å². The summed E-state index contributed by atoms with van der Waals surface area (Å²) in [5, 5.41) is 0. The third-order valence-corrected chi connectivity index (χ3v) is 8.30. The fraction of sp³-hybridized carbons (Fsp3) is 0.364. The van der Waals surface area contributed by atoms with E-state index in [0.717, 1.165) is 27.8 Å². The van der Waals surface area contributed by atoms with Gasteiger partial charge < -0.3 is 0 Å². The number of nitrogens with zero attached hydrogens (tertiary/aromatic N) is 2. The lowest BCUT2D eigenvalue weighted by atomic mass is 10.2. The van der Waals surface area contributed by atoms with Crippen LogP contribution in [0.4, 0.5) is 5.69 Å². The van der Waals surface area contributed by atoms with Crippen molar-refractivity contribution < 1.29 is 18.0 Å². The van der Waals surface area contributed by atoms with E-state index >= 15 is 0 Å². The van der Waals surface area contributed by atoms with Gasteiger partial charge in [0.15, 0.2) is 0 Å². The molecule has 1 aliphatic carbocycles. The maximum absolute atomic E-state index is 13.6. The monoisotopic (exact) mass is 490 g/mol. The molecule has 2 aliphatic rings. The number of aryl methyl sites for hydroxylation is 1. The number of benzene rings is 2. The summed E-state index contributed by atoms with van der Waals surface area (Å²) in [7, 11) is -3.93. The Morgan fingerprint density at radius 2 is 1.57 bits per heavy atom. The van der Waals surface area contributed by atoms with E-state index in [4.69, 9.17) is 0 Å². The van der Waals surface area contributed by atoms with E-state index in [1.165, 1.54) is 4.31 Å². The van der Waals surface area contributed by atoms with Crippen molar-refractivity contribution in [1.82, 2.24) is 4.31 Å². The average Bonchev–Trinajstić information content (AvgIpc) is 3.32. The predicted molar refractivity (Wildman–Crippen MR) is 117 cm³/mol. The summed E-state index contributed by atoms with van der Waals surface area (Å²) in [4.78, 5) is 27.4. The number of sulfonamides is 1. The number of rotatable bonds is 5. The van der Waals surface area contributed by atoms with Crippen LogP contribution >= 0.6 is 15.9 Å². The van der Waals surface area contributed by atoms with Crippen LogP contribution in [0.25, 0.3) is 0 Å². The van der Waals surface area contributed by atoms with Crippen molar-refractivity contribution in [2.75, 3.05) is 4.90 Å². The van der Waals surface area contributed by atoms with Gasteiger partial charge in [0.25, 0.3) is 5.91 Å². The first-order valence-corrected chi connectivity index (χ1v) is 12.2. The third-order valence-electron chi connectivity index (χ3n) is 5.80. The fourth-order valence-electron chi connectivity index (χ4n) is 4.29. The van der Waals surface area contributed by atoms with Gasteiger partial charge >= 0.3 is 0 Å². The van der Waals surface area contributed by atoms with Crippen molar-refractivity contribution in [2.24, 2.45) is 0 Å². The maximum Gasteiger partial charge on any atom is 0.252 e. The van der Waals surface area contributed by atoms with Crippen molar-refractivity contribution in [3.05, 3.63) is 58.6 Å². The van der Waals surface area contributed by atoms with Crippen molar-refractivity contribution in [2.45, 2.75) is 56.0 Å². The summed E-state index contributed by atoms with van der Waals surface area (Å²) in [6.07, 6.45) is 3.07. The molecule has 30 heavy (non-hydrogen) atoms. The van der Waals surface area contributed by atoms with Gasteiger partial charge in [0.05, 0.1) is 17.0 Å². The van der Waals surface area contributed by atoms with Crippen LogP contribution in [-0.2, 0) is 19.6 Å². The second kappa shape index (κ2) is 8.24. The van der Waals surface area contributed by atoms with E-state index in [9.17, 15) is 18.0 Å². The molecule has 4 rings (SSSR count). The Balaban J connectivity index is 1.73. The highest BCUT2D eigenvalue weighted by Crippen LogP contribution is 2.35. The summed E-state index contributed by atoms with van der Waals surface area (Å²) < 4.78 is 29.3. The van der Waals surface area contributed by atoms with Crippen LogP contribution in [0, 0.1) is 6.92 Å². The van der Waals surface area contributed by atoms with Crippen LogP contribution in [0.5, 0.6) is 0 Å². The molecule has 2 aromatic rings. The van der Waals surface area contributed by atoms with Crippen LogP contribution < -0.4 is 4.90 Å². The van der Waals surface area contributed by atoms with E-state index < -0.39 is 22.0 Å². The van der Waals surface area contributed by atoms with Gasteiger partial charge in [-0.05, 0) is 56.2 Å². The van der Waals surface area contributed by atoms with Crippen LogP contribution in [0.3, 0.4) is 0 Å². The van der Waals surface area contributed by atoms with E-state index in [1.807, 2.05) is 6.92 Å². The van der Waals surface area contributed by atoms with E-state index in [-0.39, 0.29) is 23.3 Å². The largest absolute Gasteiger partial charge is 0.274 e. The molecule has 2 amide bonds. The molecule has 0 radical (unpaired) electrons. The van der Waals surface area contributed by atoms with Crippen LogP contribution in [0.15, 0.2) is 57.9 Å². The molecule has 1 unspecified atom stereocenters. The van der Waals surface area contributed by atoms with Gasteiger partial charge in [-0.25, -0.2) is 13.3 Å². The average molecular weight is 491 g/mol. The summed E-state index contributed by atoms with van der Waals surface area (Å²) >= 11 is 3.35. The van der Waals surface area contributed by atoms with Gasteiger partial charge in [0, 0.05) is 10.5 Å². The van der Waals surface area contributed by atoms with Gasteiger partial charge in [-0.3, -0.25) is 9.59 Å². The highest BCUT2D eigenvalue weighted by Gasteiger charge is 2.49. The third kappa shape index (κ3) is 3.84. The number of amides is 2. The molecule has 0 spiro atoms. The number of hydrogen-bond acceptors (Lipinski definition) is 4. The second-order valence-corrected chi connectivity index (χ2v) is 10.6. The fourth-order valence-corrected chi connectivity index (χ4v) is 6.38. The Kier molecular flexibility index (Phi) is 5.83. The SMILES string of the molecule is Cc1ccc(S(=O)(=O)N(C2CCCC2)C2CC(=O)N(c3ccc(Br)cc3)C2=O)cc1. The topological polar surface area (TPSA) is 74.8 Å². The minimum atomic E-state index is -3.93. The summed E-state index contributed by atoms with van der Waals surface area (Å²) in [6, 6.07) is 12.2. The zero-order valence-corrected chi connectivity index (χ0v) is 19.0. The molecule has 0 N–H and O–H groups in total. The highest BCUT2D eigenvalue weighted by molar-refractivity contribution is 9.10. The zero-order chi connectivity index (χ0) is 21.5. The predicted octanol–water partition coefficient (Wildman–Crippen LogP) is 4.02. The molecule has 0 bridgehead atoms. The zero-order valence-electron chi connectivity index (χ0n) is 16.6. The number of carbonyl (C=O) groups is 2. The van der Waals surface area contributed by atoms with E-state index in [1.54, 1.807) is 48.5 Å². The Labute approximate surface area is 185 Å². The molecule has 1 saturated carbocycles. The first kappa shape index (κ1) is 21.2. The Morgan fingerprint density at radius 3 is 2.17 bits per heavy atom. The Bertz CT molecular complexity index is 1060. The maximum atomic E-state index is 13.6. The summed E-state index contributed by atoms with van der Waals surface area (Å²) in [5.74, 6) is -0.862.